The van der Waals surface area contributed by atoms with Gasteiger partial charge in [-0.05, 0) is 18.4 Å². The highest BCUT2D eigenvalue weighted by atomic mass is 16.5. The van der Waals surface area contributed by atoms with Crippen molar-refractivity contribution in [3.8, 4) is 5.75 Å². The Morgan fingerprint density at radius 2 is 2.00 bits per heavy atom. The summed E-state index contributed by atoms with van der Waals surface area (Å²) in [5, 5.41) is 6.20. The first-order valence-corrected chi connectivity index (χ1v) is 7.21. The molecule has 0 aliphatic rings. The zero-order chi connectivity index (χ0) is 15.0. The van der Waals surface area contributed by atoms with Gasteiger partial charge in [-0.3, -0.25) is 4.79 Å². The van der Waals surface area contributed by atoms with E-state index in [1.54, 1.807) is 7.11 Å². The molecular weight excluding hydrogens is 252 g/mol. The summed E-state index contributed by atoms with van der Waals surface area (Å²) in [7, 11) is 1.67. The molecule has 0 saturated carbocycles. The second-order valence-electron chi connectivity index (χ2n) is 5.28. The molecule has 1 rings (SSSR count). The van der Waals surface area contributed by atoms with Gasteiger partial charge in [0, 0.05) is 18.2 Å². The number of ether oxygens (including phenoxy) is 1. The van der Waals surface area contributed by atoms with E-state index in [0.717, 1.165) is 17.7 Å². The Bertz CT molecular complexity index is 419. The normalized spacial score (nSPS) is 12.2. The van der Waals surface area contributed by atoms with Crippen molar-refractivity contribution in [2.24, 2.45) is 5.92 Å². The van der Waals surface area contributed by atoms with Crippen molar-refractivity contribution in [1.82, 2.24) is 10.6 Å². The van der Waals surface area contributed by atoms with E-state index < -0.39 is 0 Å². The van der Waals surface area contributed by atoms with E-state index in [2.05, 4.69) is 31.4 Å². The van der Waals surface area contributed by atoms with Crippen LogP contribution in [0.4, 0.5) is 0 Å². The summed E-state index contributed by atoms with van der Waals surface area (Å²) in [6.07, 6.45) is 0.901. The van der Waals surface area contributed by atoms with Gasteiger partial charge in [-0.15, -0.1) is 0 Å². The van der Waals surface area contributed by atoms with Gasteiger partial charge < -0.3 is 15.4 Å². The molecule has 0 spiro atoms. The maximum absolute atomic E-state index is 11.7. The molecule has 0 aliphatic heterocycles. The highest BCUT2D eigenvalue weighted by Crippen LogP contribution is 2.26. The van der Waals surface area contributed by atoms with Gasteiger partial charge in [-0.25, -0.2) is 0 Å². The monoisotopic (exact) mass is 278 g/mol. The predicted molar refractivity (Wildman–Crippen MR) is 81.9 cm³/mol. The molecule has 0 aromatic heterocycles. The van der Waals surface area contributed by atoms with Crippen molar-refractivity contribution < 1.29 is 9.53 Å². The van der Waals surface area contributed by atoms with Crippen molar-refractivity contribution in [2.75, 3.05) is 20.2 Å². The standard InChI is InChI=1S/C16H26N2O2/c1-5-14(13-8-6-7-9-15(13)20-4)17-11-16(19)18-10-12(2)3/h6-9,12,14,17H,5,10-11H2,1-4H3,(H,18,19). The van der Waals surface area contributed by atoms with Crippen LogP contribution >= 0.6 is 0 Å². The summed E-state index contributed by atoms with van der Waals surface area (Å²) >= 11 is 0. The zero-order valence-corrected chi connectivity index (χ0v) is 12.9. The average molecular weight is 278 g/mol. The van der Waals surface area contributed by atoms with Crippen LogP contribution in [0.3, 0.4) is 0 Å². The molecule has 20 heavy (non-hydrogen) atoms. The fourth-order valence-electron chi connectivity index (χ4n) is 2.02. The van der Waals surface area contributed by atoms with E-state index in [-0.39, 0.29) is 11.9 Å². The van der Waals surface area contributed by atoms with Gasteiger partial charge in [0.05, 0.1) is 13.7 Å². The van der Waals surface area contributed by atoms with E-state index in [9.17, 15) is 4.79 Å². The van der Waals surface area contributed by atoms with E-state index in [1.807, 2.05) is 24.3 Å². The molecule has 1 aromatic rings. The Balaban J connectivity index is 2.57. The van der Waals surface area contributed by atoms with Gasteiger partial charge in [0.25, 0.3) is 0 Å². The van der Waals surface area contributed by atoms with Crippen LogP contribution in [0.25, 0.3) is 0 Å². The summed E-state index contributed by atoms with van der Waals surface area (Å²) in [6.45, 7) is 7.29. The Hall–Kier alpha value is -1.55. The molecule has 0 aliphatic carbocycles. The van der Waals surface area contributed by atoms with Crippen LogP contribution in [0, 0.1) is 5.92 Å². The van der Waals surface area contributed by atoms with Gasteiger partial charge in [-0.2, -0.15) is 0 Å². The number of carbonyl (C=O) groups is 1. The first-order chi connectivity index (χ1) is 9.58. The molecule has 2 N–H and O–H groups in total. The molecule has 0 heterocycles. The van der Waals surface area contributed by atoms with Gasteiger partial charge in [-0.1, -0.05) is 39.0 Å². The van der Waals surface area contributed by atoms with Crippen molar-refractivity contribution in [2.45, 2.75) is 33.2 Å². The quantitative estimate of drug-likeness (QED) is 0.768. The smallest absolute Gasteiger partial charge is 0.233 e. The van der Waals surface area contributed by atoms with E-state index >= 15 is 0 Å². The molecule has 0 saturated heterocycles. The Morgan fingerprint density at radius 3 is 2.60 bits per heavy atom. The highest BCUT2D eigenvalue weighted by Gasteiger charge is 2.14. The molecule has 112 valence electrons. The Kier molecular flexibility index (Phi) is 7.09. The van der Waals surface area contributed by atoms with Crippen LogP contribution < -0.4 is 15.4 Å². The van der Waals surface area contributed by atoms with Crippen LogP contribution in [0.5, 0.6) is 5.75 Å². The van der Waals surface area contributed by atoms with Crippen LogP contribution in [-0.2, 0) is 4.79 Å². The van der Waals surface area contributed by atoms with Crippen LogP contribution in [0.2, 0.25) is 0 Å². The number of methoxy groups -OCH3 is 1. The third-order valence-electron chi connectivity index (χ3n) is 3.14. The van der Waals surface area contributed by atoms with E-state index in [1.165, 1.54) is 0 Å². The predicted octanol–water partition coefficient (Wildman–Crippen LogP) is 2.51. The summed E-state index contributed by atoms with van der Waals surface area (Å²) in [4.78, 5) is 11.7. The van der Waals surface area contributed by atoms with E-state index in [0.29, 0.717) is 19.0 Å². The summed E-state index contributed by atoms with van der Waals surface area (Å²) < 4.78 is 5.37. The lowest BCUT2D eigenvalue weighted by Crippen LogP contribution is -2.37. The lowest BCUT2D eigenvalue weighted by molar-refractivity contribution is -0.120. The topological polar surface area (TPSA) is 50.4 Å². The molecule has 0 radical (unpaired) electrons. The zero-order valence-electron chi connectivity index (χ0n) is 12.9. The van der Waals surface area contributed by atoms with Crippen LogP contribution in [0.1, 0.15) is 38.8 Å². The van der Waals surface area contributed by atoms with Crippen molar-refractivity contribution in [3.63, 3.8) is 0 Å². The summed E-state index contributed by atoms with van der Waals surface area (Å²) in [5.41, 5.74) is 1.09. The number of carbonyl (C=O) groups excluding carboxylic acids is 1. The first kappa shape index (κ1) is 16.5. The minimum absolute atomic E-state index is 0.0343. The minimum atomic E-state index is 0.0343. The number of amides is 1. The molecule has 0 fully saturated rings. The minimum Gasteiger partial charge on any atom is -0.496 e. The van der Waals surface area contributed by atoms with Crippen LogP contribution in [-0.4, -0.2) is 26.1 Å². The highest BCUT2D eigenvalue weighted by molar-refractivity contribution is 5.78. The number of hydrogen-bond acceptors (Lipinski definition) is 3. The van der Waals surface area contributed by atoms with Gasteiger partial charge in [0.1, 0.15) is 5.75 Å². The van der Waals surface area contributed by atoms with Crippen molar-refractivity contribution in [1.29, 1.82) is 0 Å². The number of benzene rings is 1. The van der Waals surface area contributed by atoms with Gasteiger partial charge in [0.2, 0.25) is 5.91 Å². The maximum Gasteiger partial charge on any atom is 0.233 e. The molecule has 0 bridgehead atoms. The second kappa shape index (κ2) is 8.59. The van der Waals surface area contributed by atoms with E-state index in [4.69, 9.17) is 4.74 Å². The fraction of sp³-hybridized carbons (Fsp3) is 0.562. The molecule has 1 unspecified atom stereocenters. The lowest BCUT2D eigenvalue weighted by atomic mass is 10.0. The average Bonchev–Trinajstić information content (AvgIpc) is 2.46. The number of rotatable bonds is 8. The van der Waals surface area contributed by atoms with Gasteiger partial charge >= 0.3 is 0 Å². The molecular formula is C16H26N2O2. The number of nitrogens with one attached hydrogen (secondary N) is 2. The molecule has 1 amide bonds. The lowest BCUT2D eigenvalue weighted by Gasteiger charge is -2.20. The second-order valence-corrected chi connectivity index (χ2v) is 5.28. The molecule has 1 atom stereocenters. The Labute approximate surface area is 121 Å². The van der Waals surface area contributed by atoms with Crippen molar-refractivity contribution in [3.05, 3.63) is 29.8 Å². The maximum atomic E-state index is 11.7. The molecule has 4 heteroatoms. The Morgan fingerprint density at radius 1 is 1.30 bits per heavy atom. The molecule has 4 nitrogen and oxygen atoms in total. The van der Waals surface area contributed by atoms with Gasteiger partial charge in [0.15, 0.2) is 0 Å². The third-order valence-corrected chi connectivity index (χ3v) is 3.14. The largest absolute Gasteiger partial charge is 0.496 e. The third kappa shape index (κ3) is 5.21. The number of para-hydroxylation sites is 1. The molecule has 1 aromatic carbocycles. The SMILES string of the molecule is CCC(NCC(=O)NCC(C)C)c1ccccc1OC. The number of hydrogen-bond donors (Lipinski definition) is 2. The summed E-state index contributed by atoms with van der Waals surface area (Å²) in [5.74, 6) is 1.36. The van der Waals surface area contributed by atoms with Crippen molar-refractivity contribution >= 4 is 5.91 Å². The fourth-order valence-corrected chi connectivity index (χ4v) is 2.02. The van der Waals surface area contributed by atoms with Crippen LogP contribution in [0.15, 0.2) is 24.3 Å². The summed E-state index contributed by atoms with van der Waals surface area (Å²) in [6, 6.07) is 8.03. The first-order valence-electron chi connectivity index (χ1n) is 7.21.